The van der Waals surface area contributed by atoms with Crippen LogP contribution in [0.1, 0.15) is 17.3 Å². The average Bonchev–Trinajstić information content (AvgIpc) is 2.39. The summed E-state index contributed by atoms with van der Waals surface area (Å²) in [5.41, 5.74) is 1.40. The van der Waals surface area contributed by atoms with Crippen molar-refractivity contribution in [1.29, 1.82) is 0 Å². The number of benzene rings is 1. The molecular formula is C13H16ClNO3. The Balaban J connectivity index is 2.31. The fourth-order valence-corrected chi connectivity index (χ4v) is 2.33. The van der Waals surface area contributed by atoms with Crippen molar-refractivity contribution < 1.29 is 14.6 Å². The van der Waals surface area contributed by atoms with Crippen LogP contribution < -0.4 is 4.90 Å². The van der Waals surface area contributed by atoms with E-state index in [9.17, 15) is 9.90 Å². The molecule has 1 aromatic carbocycles. The van der Waals surface area contributed by atoms with Crippen LogP contribution in [0.15, 0.2) is 18.2 Å². The predicted octanol–water partition coefficient (Wildman–Crippen LogP) is 1.74. The largest absolute Gasteiger partial charge is 0.394 e. The number of morpholine rings is 1. The van der Waals surface area contributed by atoms with Gasteiger partial charge in [0.15, 0.2) is 6.29 Å². The van der Waals surface area contributed by atoms with Gasteiger partial charge in [0, 0.05) is 28.9 Å². The molecule has 0 amide bonds. The highest BCUT2D eigenvalue weighted by Crippen LogP contribution is 2.27. The SMILES string of the molecule is CC1COC(CO)CN1c1ccc(Cl)cc1C=O. The summed E-state index contributed by atoms with van der Waals surface area (Å²) >= 11 is 5.88. The standard InChI is InChI=1S/C13H16ClNO3/c1-9-8-18-12(7-17)5-15(9)13-3-2-11(14)4-10(13)6-16/h2-4,6,9,12,17H,5,7-8H2,1H3. The van der Waals surface area contributed by atoms with E-state index in [1.807, 2.05) is 13.0 Å². The van der Waals surface area contributed by atoms with Gasteiger partial charge in [-0.1, -0.05) is 11.6 Å². The van der Waals surface area contributed by atoms with Crippen LogP contribution in [0, 0.1) is 0 Å². The molecule has 1 heterocycles. The summed E-state index contributed by atoms with van der Waals surface area (Å²) < 4.78 is 5.48. The minimum atomic E-state index is -0.212. The van der Waals surface area contributed by atoms with E-state index in [0.29, 0.717) is 23.7 Å². The van der Waals surface area contributed by atoms with Gasteiger partial charge in [-0.2, -0.15) is 0 Å². The summed E-state index contributed by atoms with van der Waals surface area (Å²) in [6.07, 6.45) is 0.591. The van der Waals surface area contributed by atoms with Crippen LogP contribution in [-0.2, 0) is 4.74 Å². The first kappa shape index (κ1) is 13.3. The van der Waals surface area contributed by atoms with Crippen LogP contribution >= 0.6 is 11.6 Å². The Morgan fingerprint density at radius 1 is 1.61 bits per heavy atom. The first-order valence-electron chi connectivity index (χ1n) is 5.89. The maximum absolute atomic E-state index is 11.1. The Labute approximate surface area is 111 Å². The molecule has 18 heavy (non-hydrogen) atoms. The normalized spacial score (nSPS) is 24.1. The number of carbonyl (C=O) groups is 1. The van der Waals surface area contributed by atoms with Crippen molar-refractivity contribution in [2.45, 2.75) is 19.1 Å². The van der Waals surface area contributed by atoms with E-state index < -0.39 is 0 Å². The molecule has 0 aromatic heterocycles. The number of carbonyl (C=O) groups excluding carboxylic acids is 1. The lowest BCUT2D eigenvalue weighted by Crippen LogP contribution is -2.49. The third-order valence-electron chi connectivity index (χ3n) is 3.14. The van der Waals surface area contributed by atoms with E-state index in [1.54, 1.807) is 12.1 Å². The minimum absolute atomic E-state index is 0.0206. The topological polar surface area (TPSA) is 49.8 Å². The molecule has 1 fully saturated rings. The molecule has 5 heteroatoms. The zero-order valence-electron chi connectivity index (χ0n) is 10.2. The highest BCUT2D eigenvalue weighted by molar-refractivity contribution is 6.31. The Bertz CT molecular complexity index is 438. The molecule has 0 bridgehead atoms. The van der Waals surface area contributed by atoms with E-state index in [1.165, 1.54) is 0 Å². The Morgan fingerprint density at radius 2 is 2.39 bits per heavy atom. The smallest absolute Gasteiger partial charge is 0.152 e. The molecule has 0 spiro atoms. The molecule has 0 saturated carbocycles. The molecule has 1 aromatic rings. The summed E-state index contributed by atoms with van der Waals surface area (Å²) in [4.78, 5) is 13.2. The van der Waals surface area contributed by atoms with E-state index in [4.69, 9.17) is 16.3 Å². The molecule has 98 valence electrons. The average molecular weight is 270 g/mol. The lowest BCUT2D eigenvalue weighted by molar-refractivity contribution is -0.0103. The second kappa shape index (κ2) is 5.69. The molecule has 2 rings (SSSR count). The molecule has 1 aliphatic rings. The third kappa shape index (κ3) is 2.66. The first-order chi connectivity index (χ1) is 8.65. The number of aldehydes is 1. The molecule has 1 N–H and O–H groups in total. The van der Waals surface area contributed by atoms with Gasteiger partial charge < -0.3 is 14.7 Å². The summed E-state index contributed by atoms with van der Waals surface area (Å²) in [6, 6.07) is 5.41. The highest BCUT2D eigenvalue weighted by Gasteiger charge is 2.27. The summed E-state index contributed by atoms with van der Waals surface area (Å²) in [5.74, 6) is 0. The number of halogens is 1. The van der Waals surface area contributed by atoms with Gasteiger partial charge >= 0.3 is 0 Å². The Kier molecular flexibility index (Phi) is 4.22. The van der Waals surface area contributed by atoms with Gasteiger partial charge in [0.05, 0.1) is 19.3 Å². The maximum atomic E-state index is 11.1. The number of rotatable bonds is 3. The zero-order valence-corrected chi connectivity index (χ0v) is 10.9. The summed E-state index contributed by atoms with van der Waals surface area (Å²) in [6.45, 7) is 3.11. The van der Waals surface area contributed by atoms with Crippen LogP contribution in [0.5, 0.6) is 0 Å². The van der Waals surface area contributed by atoms with Gasteiger partial charge in [0.25, 0.3) is 0 Å². The predicted molar refractivity (Wildman–Crippen MR) is 70.5 cm³/mol. The van der Waals surface area contributed by atoms with Crippen molar-refractivity contribution >= 4 is 23.6 Å². The number of nitrogens with zero attached hydrogens (tertiary/aromatic N) is 1. The van der Waals surface area contributed by atoms with Gasteiger partial charge in [-0.05, 0) is 25.1 Å². The number of aliphatic hydroxyl groups excluding tert-OH is 1. The molecule has 1 saturated heterocycles. The lowest BCUT2D eigenvalue weighted by Gasteiger charge is -2.39. The van der Waals surface area contributed by atoms with Crippen molar-refractivity contribution in [1.82, 2.24) is 0 Å². The van der Waals surface area contributed by atoms with Crippen molar-refractivity contribution in [3.63, 3.8) is 0 Å². The molecule has 1 aliphatic heterocycles. The van der Waals surface area contributed by atoms with Crippen LogP contribution in [0.25, 0.3) is 0 Å². The van der Waals surface area contributed by atoms with Crippen molar-refractivity contribution in [3.05, 3.63) is 28.8 Å². The number of aliphatic hydroxyl groups is 1. The minimum Gasteiger partial charge on any atom is -0.394 e. The third-order valence-corrected chi connectivity index (χ3v) is 3.37. The second-order valence-corrected chi connectivity index (χ2v) is 4.90. The molecule has 2 unspecified atom stereocenters. The van der Waals surface area contributed by atoms with Gasteiger partial charge in [0.1, 0.15) is 0 Å². The number of ether oxygens (including phenoxy) is 1. The van der Waals surface area contributed by atoms with Crippen molar-refractivity contribution in [2.75, 3.05) is 24.7 Å². The van der Waals surface area contributed by atoms with Gasteiger partial charge in [-0.15, -0.1) is 0 Å². The number of hydrogen-bond donors (Lipinski definition) is 1. The van der Waals surface area contributed by atoms with Crippen LogP contribution in [-0.4, -0.2) is 43.3 Å². The monoisotopic (exact) mass is 269 g/mol. The molecule has 2 atom stereocenters. The summed E-state index contributed by atoms with van der Waals surface area (Å²) in [7, 11) is 0. The fourth-order valence-electron chi connectivity index (χ4n) is 2.14. The second-order valence-electron chi connectivity index (χ2n) is 4.46. The quantitative estimate of drug-likeness (QED) is 0.850. The zero-order chi connectivity index (χ0) is 13.1. The van der Waals surface area contributed by atoms with E-state index >= 15 is 0 Å². The van der Waals surface area contributed by atoms with Gasteiger partial charge in [0.2, 0.25) is 0 Å². The van der Waals surface area contributed by atoms with Gasteiger partial charge in [-0.25, -0.2) is 0 Å². The van der Waals surface area contributed by atoms with E-state index in [-0.39, 0.29) is 18.8 Å². The lowest BCUT2D eigenvalue weighted by atomic mass is 10.1. The van der Waals surface area contributed by atoms with E-state index in [2.05, 4.69) is 4.90 Å². The molecule has 4 nitrogen and oxygen atoms in total. The number of anilines is 1. The Hall–Kier alpha value is -1.10. The van der Waals surface area contributed by atoms with Crippen LogP contribution in [0.2, 0.25) is 5.02 Å². The van der Waals surface area contributed by atoms with Crippen LogP contribution in [0.3, 0.4) is 0 Å². The molecular weight excluding hydrogens is 254 g/mol. The van der Waals surface area contributed by atoms with Crippen molar-refractivity contribution in [2.24, 2.45) is 0 Å². The Morgan fingerprint density at radius 3 is 3.06 bits per heavy atom. The van der Waals surface area contributed by atoms with Crippen molar-refractivity contribution in [3.8, 4) is 0 Å². The first-order valence-corrected chi connectivity index (χ1v) is 6.27. The fraction of sp³-hybridized carbons (Fsp3) is 0.462. The van der Waals surface area contributed by atoms with Crippen LogP contribution in [0.4, 0.5) is 5.69 Å². The van der Waals surface area contributed by atoms with Gasteiger partial charge in [-0.3, -0.25) is 4.79 Å². The molecule has 0 radical (unpaired) electrons. The highest BCUT2D eigenvalue weighted by atomic mass is 35.5. The number of hydrogen-bond acceptors (Lipinski definition) is 4. The maximum Gasteiger partial charge on any atom is 0.152 e. The molecule has 0 aliphatic carbocycles. The van der Waals surface area contributed by atoms with E-state index in [0.717, 1.165) is 12.0 Å². The summed E-state index contributed by atoms with van der Waals surface area (Å²) in [5, 5.41) is 9.71.